The van der Waals surface area contributed by atoms with Crippen molar-refractivity contribution in [2.24, 2.45) is 0 Å². The molecule has 1 aromatic carbocycles. The van der Waals surface area contributed by atoms with Gasteiger partial charge in [0.1, 0.15) is 5.69 Å². The normalized spacial score (nSPS) is 11.7. The van der Waals surface area contributed by atoms with Crippen LogP contribution in [0.25, 0.3) is 5.69 Å². The van der Waals surface area contributed by atoms with Crippen molar-refractivity contribution in [3.8, 4) is 5.69 Å². The minimum Gasteiger partial charge on any atom is -0.476 e. The van der Waals surface area contributed by atoms with Crippen molar-refractivity contribution >= 4 is 5.97 Å². The van der Waals surface area contributed by atoms with Gasteiger partial charge in [-0.1, -0.05) is 6.07 Å². The fraction of sp³-hybridized carbons (Fsp3) is 0.231. The van der Waals surface area contributed by atoms with Crippen LogP contribution < -0.4 is 0 Å². The number of alkyl halides is 3. The van der Waals surface area contributed by atoms with Gasteiger partial charge < -0.3 is 5.11 Å². The summed E-state index contributed by atoms with van der Waals surface area (Å²) < 4.78 is 39.5. The van der Waals surface area contributed by atoms with Crippen LogP contribution in [0.1, 0.15) is 27.3 Å². The van der Waals surface area contributed by atoms with E-state index in [9.17, 15) is 18.0 Å². The first-order valence-corrected chi connectivity index (χ1v) is 5.67. The number of aromatic nitrogens is 2. The molecule has 1 N–H and O–H groups in total. The molecule has 4 nitrogen and oxygen atoms in total. The van der Waals surface area contributed by atoms with Gasteiger partial charge in [0, 0.05) is 6.07 Å². The number of benzene rings is 1. The van der Waals surface area contributed by atoms with E-state index < -0.39 is 23.5 Å². The van der Waals surface area contributed by atoms with Crippen molar-refractivity contribution < 1.29 is 23.1 Å². The Morgan fingerprint density at radius 2 is 1.70 bits per heavy atom. The van der Waals surface area contributed by atoms with E-state index in [2.05, 4.69) is 5.10 Å². The van der Waals surface area contributed by atoms with Crippen LogP contribution in [-0.4, -0.2) is 20.9 Å². The second-order valence-corrected chi connectivity index (χ2v) is 4.48. The number of carbonyl (C=O) groups is 1. The number of nitrogens with zero attached hydrogens (tertiary/aromatic N) is 2. The molecule has 2 aromatic rings. The van der Waals surface area contributed by atoms with Crippen LogP contribution in [0.15, 0.2) is 24.3 Å². The summed E-state index contributed by atoms with van der Waals surface area (Å²) >= 11 is 0. The number of carboxylic acid groups (broad SMARTS) is 1. The van der Waals surface area contributed by atoms with Crippen LogP contribution in [0.4, 0.5) is 13.2 Å². The maximum atomic E-state index is 13.0. The molecule has 0 aliphatic heterocycles. The molecule has 20 heavy (non-hydrogen) atoms. The summed E-state index contributed by atoms with van der Waals surface area (Å²) in [6.45, 7) is 3.48. The van der Waals surface area contributed by atoms with Gasteiger partial charge in [-0.15, -0.1) is 0 Å². The van der Waals surface area contributed by atoms with Crippen molar-refractivity contribution in [1.82, 2.24) is 9.78 Å². The Labute approximate surface area is 112 Å². The predicted octanol–water partition coefficient (Wildman–Crippen LogP) is 3.21. The molecule has 0 spiro atoms. The lowest BCUT2D eigenvalue weighted by molar-refractivity contribution is -0.142. The second kappa shape index (κ2) is 4.66. The van der Waals surface area contributed by atoms with E-state index in [1.165, 1.54) is 12.1 Å². The van der Waals surface area contributed by atoms with E-state index in [-0.39, 0.29) is 5.69 Å². The molecule has 0 saturated heterocycles. The molecular formula is C13H11F3N2O2. The number of aromatic carboxylic acids is 1. The number of hydrogen-bond acceptors (Lipinski definition) is 2. The van der Waals surface area contributed by atoms with Crippen molar-refractivity contribution in [2.45, 2.75) is 20.0 Å². The summed E-state index contributed by atoms with van der Waals surface area (Å²) in [6.07, 6.45) is -4.68. The minimum absolute atomic E-state index is 0.183. The molecule has 2 rings (SSSR count). The monoisotopic (exact) mass is 284 g/mol. The predicted molar refractivity (Wildman–Crippen MR) is 65.0 cm³/mol. The van der Waals surface area contributed by atoms with E-state index in [0.29, 0.717) is 10.7 Å². The van der Waals surface area contributed by atoms with Crippen LogP contribution in [0.2, 0.25) is 0 Å². The molecule has 0 aliphatic carbocycles. The molecule has 106 valence electrons. The molecule has 0 aliphatic rings. The Balaban J connectivity index is 2.68. The zero-order valence-corrected chi connectivity index (χ0v) is 10.7. The van der Waals surface area contributed by atoms with Gasteiger partial charge in [0.25, 0.3) is 0 Å². The molecule has 0 saturated carbocycles. The SMILES string of the molecule is Cc1cc(C)cc(-n2nc(C(=O)O)cc2C(F)(F)F)c1. The number of aryl methyl sites for hydroxylation is 2. The highest BCUT2D eigenvalue weighted by molar-refractivity contribution is 5.85. The molecule has 7 heteroatoms. The van der Waals surface area contributed by atoms with E-state index in [0.717, 1.165) is 11.1 Å². The van der Waals surface area contributed by atoms with Crippen LogP contribution in [-0.2, 0) is 6.18 Å². The Morgan fingerprint density at radius 3 is 2.15 bits per heavy atom. The summed E-state index contributed by atoms with van der Waals surface area (Å²) in [5.41, 5.74) is -0.0419. The van der Waals surface area contributed by atoms with Crippen LogP contribution in [0.5, 0.6) is 0 Å². The van der Waals surface area contributed by atoms with Gasteiger partial charge in [-0.3, -0.25) is 0 Å². The standard InChI is InChI=1S/C13H11F3N2O2/c1-7-3-8(2)5-9(4-7)18-11(13(14,15)16)6-10(17-18)12(19)20/h3-6H,1-2H3,(H,19,20). The van der Waals surface area contributed by atoms with Crippen LogP contribution in [0, 0.1) is 13.8 Å². The first-order chi connectivity index (χ1) is 9.18. The summed E-state index contributed by atoms with van der Waals surface area (Å²) in [5.74, 6) is -1.50. The molecule has 0 bridgehead atoms. The molecule has 0 radical (unpaired) electrons. The Bertz CT molecular complexity index is 654. The first kappa shape index (κ1) is 14.1. The van der Waals surface area contributed by atoms with Crippen LogP contribution >= 0.6 is 0 Å². The van der Waals surface area contributed by atoms with E-state index in [1.54, 1.807) is 19.9 Å². The summed E-state index contributed by atoms with van der Waals surface area (Å²) in [4.78, 5) is 10.8. The van der Waals surface area contributed by atoms with Crippen molar-refractivity contribution in [3.63, 3.8) is 0 Å². The number of halogens is 3. The fourth-order valence-electron chi connectivity index (χ4n) is 1.96. The van der Waals surface area contributed by atoms with Gasteiger partial charge >= 0.3 is 12.1 Å². The molecule has 1 aromatic heterocycles. The highest BCUT2D eigenvalue weighted by Crippen LogP contribution is 2.32. The Hall–Kier alpha value is -2.31. The average Bonchev–Trinajstić information content (AvgIpc) is 2.71. The Morgan fingerprint density at radius 1 is 1.15 bits per heavy atom. The Kier molecular flexibility index (Phi) is 3.29. The first-order valence-electron chi connectivity index (χ1n) is 5.67. The number of hydrogen-bond donors (Lipinski definition) is 1. The third-order valence-electron chi connectivity index (χ3n) is 2.67. The molecule has 1 heterocycles. The van der Waals surface area contributed by atoms with Gasteiger partial charge in [0.15, 0.2) is 5.69 Å². The van der Waals surface area contributed by atoms with Crippen LogP contribution in [0.3, 0.4) is 0 Å². The molecule has 0 atom stereocenters. The van der Waals surface area contributed by atoms with E-state index in [1.807, 2.05) is 0 Å². The summed E-state index contributed by atoms with van der Waals surface area (Å²) in [7, 11) is 0. The number of carboxylic acids is 1. The fourth-order valence-corrected chi connectivity index (χ4v) is 1.96. The smallest absolute Gasteiger partial charge is 0.433 e. The van der Waals surface area contributed by atoms with E-state index >= 15 is 0 Å². The lowest BCUT2D eigenvalue weighted by Crippen LogP contribution is -2.13. The number of rotatable bonds is 2. The zero-order chi connectivity index (χ0) is 15.1. The largest absolute Gasteiger partial charge is 0.476 e. The highest BCUT2D eigenvalue weighted by Gasteiger charge is 2.37. The summed E-state index contributed by atoms with van der Waals surface area (Å²) in [6, 6.07) is 5.36. The molecular weight excluding hydrogens is 273 g/mol. The third-order valence-corrected chi connectivity index (χ3v) is 2.67. The zero-order valence-electron chi connectivity index (χ0n) is 10.7. The third kappa shape index (κ3) is 2.66. The van der Waals surface area contributed by atoms with Gasteiger partial charge in [0.05, 0.1) is 5.69 Å². The lowest BCUT2D eigenvalue weighted by atomic mass is 10.1. The van der Waals surface area contributed by atoms with Crippen molar-refractivity contribution in [3.05, 3.63) is 46.8 Å². The molecule has 0 amide bonds. The van der Waals surface area contributed by atoms with Gasteiger partial charge in [-0.25, -0.2) is 9.48 Å². The lowest BCUT2D eigenvalue weighted by Gasteiger charge is -2.11. The molecule has 0 fully saturated rings. The van der Waals surface area contributed by atoms with Crippen molar-refractivity contribution in [2.75, 3.05) is 0 Å². The minimum atomic E-state index is -4.68. The van der Waals surface area contributed by atoms with Gasteiger partial charge in [-0.05, 0) is 37.1 Å². The average molecular weight is 284 g/mol. The maximum absolute atomic E-state index is 13.0. The highest BCUT2D eigenvalue weighted by atomic mass is 19.4. The van der Waals surface area contributed by atoms with E-state index in [4.69, 9.17) is 5.11 Å². The molecule has 0 unspecified atom stereocenters. The van der Waals surface area contributed by atoms with Gasteiger partial charge in [-0.2, -0.15) is 18.3 Å². The quantitative estimate of drug-likeness (QED) is 0.921. The van der Waals surface area contributed by atoms with Gasteiger partial charge in [0.2, 0.25) is 0 Å². The summed E-state index contributed by atoms with van der Waals surface area (Å²) in [5, 5.41) is 12.3. The topological polar surface area (TPSA) is 55.1 Å². The maximum Gasteiger partial charge on any atom is 0.433 e. The second-order valence-electron chi connectivity index (χ2n) is 4.48. The van der Waals surface area contributed by atoms with Crippen molar-refractivity contribution in [1.29, 1.82) is 0 Å².